The van der Waals surface area contributed by atoms with Gasteiger partial charge in [0.1, 0.15) is 0 Å². The van der Waals surface area contributed by atoms with Crippen molar-refractivity contribution < 1.29 is 22.7 Å². The number of benzene rings is 1. The van der Waals surface area contributed by atoms with Crippen LogP contribution in [0.3, 0.4) is 0 Å². The summed E-state index contributed by atoms with van der Waals surface area (Å²) in [7, 11) is 0. The number of halogens is 4. The topological polar surface area (TPSA) is 53.9 Å². The van der Waals surface area contributed by atoms with Gasteiger partial charge in [-0.15, -0.1) is 5.10 Å². The molecule has 1 N–H and O–H groups in total. The molecule has 0 amide bonds. The highest BCUT2D eigenvalue weighted by molar-refractivity contribution is 6.35. The quantitative estimate of drug-likeness (QED) is 0.246. The molecule has 28 heavy (non-hydrogen) atoms. The van der Waals surface area contributed by atoms with Crippen LogP contribution in [0.4, 0.5) is 18.9 Å². The van der Waals surface area contributed by atoms with Crippen LogP contribution in [0, 0.1) is 0 Å². The maximum atomic E-state index is 12.9. The lowest BCUT2D eigenvalue weighted by atomic mass is 10.2. The zero-order valence-corrected chi connectivity index (χ0v) is 17.2. The van der Waals surface area contributed by atoms with Crippen molar-refractivity contribution in [2.75, 3.05) is 25.1 Å². The van der Waals surface area contributed by atoms with Crippen LogP contribution in [-0.4, -0.2) is 36.4 Å². The normalized spacial score (nSPS) is 12.0. The van der Waals surface area contributed by atoms with E-state index < -0.39 is 17.7 Å². The zero-order chi connectivity index (χ0) is 21.2. The predicted octanol–water partition coefficient (Wildman–Crippen LogP) is 5.55. The van der Waals surface area contributed by atoms with E-state index in [4.69, 9.17) is 16.3 Å². The first kappa shape index (κ1) is 24.1. The van der Waals surface area contributed by atoms with Crippen molar-refractivity contribution >= 4 is 29.1 Å². The van der Waals surface area contributed by atoms with Crippen LogP contribution in [0.25, 0.3) is 0 Å². The van der Waals surface area contributed by atoms with Gasteiger partial charge in [0, 0.05) is 13.1 Å². The van der Waals surface area contributed by atoms with E-state index in [0.717, 1.165) is 43.9 Å². The minimum Gasteiger partial charge on any atom is -0.460 e. The van der Waals surface area contributed by atoms with Crippen LogP contribution >= 0.6 is 11.6 Å². The Morgan fingerprint density at radius 3 is 2.29 bits per heavy atom. The molecule has 0 aliphatic heterocycles. The highest BCUT2D eigenvalue weighted by atomic mass is 35.5. The number of hydrogen-bond donors (Lipinski definition) is 1. The van der Waals surface area contributed by atoms with Gasteiger partial charge in [0.2, 0.25) is 5.84 Å². The fraction of sp³-hybridized carbons (Fsp3) is 0.579. The monoisotopic (exact) mass is 421 g/mol. The number of esters is 1. The number of carbonyl (C=O) groups is 1. The summed E-state index contributed by atoms with van der Waals surface area (Å²) >= 11 is 5.99. The molecule has 0 unspecified atom stereocenters. The Bertz CT molecular complexity index is 658. The van der Waals surface area contributed by atoms with E-state index in [1.54, 1.807) is 11.8 Å². The number of carbonyl (C=O) groups excluding carboxylic acids is 1. The third-order valence-corrected chi connectivity index (χ3v) is 4.23. The fourth-order valence-electron chi connectivity index (χ4n) is 2.36. The summed E-state index contributed by atoms with van der Waals surface area (Å²) in [5, 5.41) is 4.13. The van der Waals surface area contributed by atoms with E-state index in [2.05, 4.69) is 10.5 Å². The van der Waals surface area contributed by atoms with Gasteiger partial charge in [-0.05, 0) is 38.0 Å². The predicted molar refractivity (Wildman–Crippen MR) is 106 cm³/mol. The average molecular weight is 422 g/mol. The van der Waals surface area contributed by atoms with Crippen molar-refractivity contribution in [3.05, 3.63) is 28.8 Å². The Balaban J connectivity index is 3.19. The molecule has 0 fully saturated rings. The van der Waals surface area contributed by atoms with Crippen molar-refractivity contribution in [3.8, 4) is 0 Å². The first-order valence-corrected chi connectivity index (χ1v) is 9.74. The molecular formula is C19H27ClF3N3O2. The van der Waals surface area contributed by atoms with E-state index in [-0.39, 0.29) is 23.2 Å². The summed E-state index contributed by atoms with van der Waals surface area (Å²) in [5.74, 6) is -0.609. The average Bonchev–Trinajstić information content (AvgIpc) is 2.63. The summed E-state index contributed by atoms with van der Waals surface area (Å²) < 4.78 is 43.9. The molecule has 0 atom stereocenters. The lowest BCUT2D eigenvalue weighted by Gasteiger charge is -2.24. The van der Waals surface area contributed by atoms with Gasteiger partial charge < -0.3 is 9.64 Å². The van der Waals surface area contributed by atoms with Gasteiger partial charge in [0.25, 0.3) is 0 Å². The zero-order valence-electron chi connectivity index (χ0n) is 16.4. The third-order valence-electron chi connectivity index (χ3n) is 3.90. The molecule has 1 rings (SSSR count). The van der Waals surface area contributed by atoms with Crippen molar-refractivity contribution in [3.63, 3.8) is 0 Å². The molecule has 0 bridgehead atoms. The van der Waals surface area contributed by atoms with Gasteiger partial charge >= 0.3 is 12.1 Å². The van der Waals surface area contributed by atoms with Gasteiger partial charge in [-0.1, -0.05) is 38.3 Å². The molecule has 0 aliphatic rings. The second-order valence-corrected chi connectivity index (χ2v) is 6.56. The van der Waals surface area contributed by atoms with E-state index in [0.29, 0.717) is 13.1 Å². The van der Waals surface area contributed by atoms with E-state index in [9.17, 15) is 18.0 Å². The maximum Gasteiger partial charge on any atom is 0.416 e. The lowest BCUT2D eigenvalue weighted by Crippen LogP contribution is -2.40. The SMILES string of the molecule is CCCCN(CCCC)/C(=N/Nc1cc(C(F)(F)F)ccc1Cl)C(=O)OCC. The van der Waals surface area contributed by atoms with Crippen LogP contribution in [0.5, 0.6) is 0 Å². The van der Waals surface area contributed by atoms with Crippen molar-refractivity contribution in [1.82, 2.24) is 4.90 Å². The number of nitrogens with one attached hydrogen (secondary N) is 1. The van der Waals surface area contributed by atoms with Gasteiger partial charge in [-0.25, -0.2) is 4.79 Å². The summed E-state index contributed by atoms with van der Waals surface area (Å²) in [4.78, 5) is 14.2. The van der Waals surface area contributed by atoms with Crippen LogP contribution in [0.1, 0.15) is 52.0 Å². The number of hydrazone groups is 1. The second kappa shape index (κ2) is 11.8. The number of nitrogens with zero attached hydrogens (tertiary/aromatic N) is 2. The molecule has 0 spiro atoms. The van der Waals surface area contributed by atoms with Crippen LogP contribution in [0.2, 0.25) is 5.02 Å². The lowest BCUT2D eigenvalue weighted by molar-refractivity contribution is -0.137. The number of amidine groups is 1. The molecule has 1 aromatic carbocycles. The number of rotatable bonds is 9. The van der Waals surface area contributed by atoms with Gasteiger partial charge in [-0.3, -0.25) is 5.43 Å². The Labute approximate surface area is 168 Å². The molecule has 5 nitrogen and oxygen atoms in total. The molecule has 0 aliphatic carbocycles. The minimum atomic E-state index is -4.51. The van der Waals surface area contributed by atoms with Gasteiger partial charge in [-0.2, -0.15) is 13.2 Å². The van der Waals surface area contributed by atoms with Crippen molar-refractivity contribution in [2.45, 2.75) is 52.6 Å². The molecular weight excluding hydrogens is 395 g/mol. The summed E-state index contributed by atoms with van der Waals surface area (Å²) in [6.45, 7) is 7.07. The smallest absolute Gasteiger partial charge is 0.416 e. The Hall–Kier alpha value is -1.96. The van der Waals surface area contributed by atoms with Crippen molar-refractivity contribution in [2.24, 2.45) is 5.10 Å². The standard InChI is InChI=1S/C19H27ClF3N3O2/c1-4-7-11-26(12-8-5-2)17(18(27)28-6-3)25-24-16-13-14(19(21,22)23)9-10-15(16)20/h9-10,13,24H,4-8,11-12H2,1-3H3/b25-17+. The number of unbranched alkanes of at least 4 members (excludes halogenated alkanes) is 2. The van der Waals surface area contributed by atoms with Gasteiger partial charge in [0.15, 0.2) is 0 Å². The molecule has 0 aromatic heterocycles. The summed E-state index contributed by atoms with van der Waals surface area (Å²) in [5.41, 5.74) is 1.61. The number of hydrogen-bond acceptors (Lipinski definition) is 4. The van der Waals surface area contributed by atoms with E-state index in [1.165, 1.54) is 0 Å². The van der Waals surface area contributed by atoms with Crippen LogP contribution in [-0.2, 0) is 15.7 Å². The van der Waals surface area contributed by atoms with E-state index >= 15 is 0 Å². The molecule has 158 valence electrons. The number of ether oxygens (including phenoxy) is 1. The summed E-state index contributed by atoms with van der Waals surface area (Å²) in [6, 6.07) is 2.88. The van der Waals surface area contributed by atoms with E-state index in [1.807, 2.05) is 13.8 Å². The molecule has 9 heteroatoms. The molecule has 0 heterocycles. The van der Waals surface area contributed by atoms with Crippen molar-refractivity contribution in [1.29, 1.82) is 0 Å². The summed E-state index contributed by atoms with van der Waals surface area (Å²) in [6.07, 6.45) is -0.987. The molecule has 0 radical (unpaired) electrons. The molecule has 0 saturated carbocycles. The Kier molecular flexibility index (Phi) is 10.1. The maximum absolute atomic E-state index is 12.9. The fourth-order valence-corrected chi connectivity index (χ4v) is 2.52. The Morgan fingerprint density at radius 1 is 1.18 bits per heavy atom. The Morgan fingerprint density at radius 2 is 1.79 bits per heavy atom. The second-order valence-electron chi connectivity index (χ2n) is 6.15. The minimum absolute atomic E-state index is 0.0252. The largest absolute Gasteiger partial charge is 0.460 e. The first-order chi connectivity index (χ1) is 13.2. The van der Waals surface area contributed by atoms with Gasteiger partial charge in [0.05, 0.1) is 22.9 Å². The van der Waals surface area contributed by atoms with Crippen LogP contribution in [0.15, 0.2) is 23.3 Å². The number of alkyl halides is 3. The first-order valence-electron chi connectivity index (χ1n) is 9.37. The van der Waals surface area contributed by atoms with Crippen LogP contribution < -0.4 is 5.43 Å². The highest BCUT2D eigenvalue weighted by Gasteiger charge is 2.31. The number of anilines is 1. The highest BCUT2D eigenvalue weighted by Crippen LogP contribution is 2.33. The molecule has 0 saturated heterocycles. The molecule has 1 aromatic rings. The third kappa shape index (κ3) is 7.58.